The van der Waals surface area contributed by atoms with Crippen LogP contribution in [0.1, 0.15) is 6.92 Å². The van der Waals surface area contributed by atoms with E-state index in [1.807, 2.05) is 18.2 Å². The van der Waals surface area contributed by atoms with Crippen molar-refractivity contribution in [2.24, 2.45) is 0 Å². The summed E-state index contributed by atoms with van der Waals surface area (Å²) < 4.78 is 0. The molecule has 0 fully saturated rings. The first-order chi connectivity index (χ1) is 8.70. The zero-order valence-corrected chi connectivity index (χ0v) is 11.1. The predicted molar refractivity (Wildman–Crippen MR) is 73.8 cm³/mol. The number of rotatable bonds is 3. The molecule has 1 N–H and O–H groups in total. The quantitative estimate of drug-likeness (QED) is 0.877. The van der Waals surface area contributed by atoms with Crippen molar-refractivity contribution in [3.63, 3.8) is 0 Å². The van der Waals surface area contributed by atoms with Gasteiger partial charge in [-0.25, -0.2) is 0 Å². The molecule has 0 radical (unpaired) electrons. The van der Waals surface area contributed by atoms with Gasteiger partial charge in [0.15, 0.2) is 5.01 Å². The Hall–Kier alpha value is -1.72. The Labute approximate surface area is 113 Å². The first-order valence-electron chi connectivity index (χ1n) is 5.23. The van der Waals surface area contributed by atoms with Gasteiger partial charge in [-0.1, -0.05) is 47.2 Å². The summed E-state index contributed by atoms with van der Waals surface area (Å²) in [5, 5.41) is 12.3. The summed E-state index contributed by atoms with van der Waals surface area (Å²) in [6.07, 6.45) is 3.09. The second-order valence-corrected chi connectivity index (χ2v) is 4.77. The maximum Gasteiger partial charge on any atom is 0.249 e. The lowest BCUT2D eigenvalue weighted by atomic mass is 10.2. The molecule has 0 aliphatic heterocycles. The maximum absolute atomic E-state index is 11.3. The molecule has 4 nitrogen and oxygen atoms in total. The van der Waals surface area contributed by atoms with E-state index in [1.165, 1.54) is 17.4 Å². The maximum atomic E-state index is 11.3. The molecule has 0 atom stereocenters. The van der Waals surface area contributed by atoms with E-state index in [9.17, 15) is 4.79 Å². The van der Waals surface area contributed by atoms with E-state index in [0.717, 1.165) is 5.56 Å². The van der Waals surface area contributed by atoms with Crippen LogP contribution in [0.25, 0.3) is 10.6 Å². The second kappa shape index (κ2) is 5.75. The van der Waals surface area contributed by atoms with Gasteiger partial charge in [0.2, 0.25) is 11.0 Å². The third-order valence-electron chi connectivity index (χ3n) is 2.08. The normalized spacial score (nSPS) is 10.8. The summed E-state index contributed by atoms with van der Waals surface area (Å²) in [6, 6.07) is 7.37. The van der Waals surface area contributed by atoms with Crippen LogP contribution in [0.2, 0.25) is 5.02 Å². The third kappa shape index (κ3) is 2.94. The highest BCUT2D eigenvalue weighted by Crippen LogP contribution is 2.31. The summed E-state index contributed by atoms with van der Waals surface area (Å²) in [4.78, 5) is 11.3. The van der Waals surface area contributed by atoms with Gasteiger partial charge in [0.25, 0.3) is 0 Å². The molecule has 2 rings (SSSR count). The van der Waals surface area contributed by atoms with Gasteiger partial charge < -0.3 is 0 Å². The number of hydrogen-bond donors (Lipinski definition) is 1. The van der Waals surface area contributed by atoms with Crippen LogP contribution < -0.4 is 5.32 Å². The van der Waals surface area contributed by atoms with Crippen LogP contribution in [-0.4, -0.2) is 16.1 Å². The van der Waals surface area contributed by atoms with E-state index in [2.05, 4.69) is 15.5 Å². The van der Waals surface area contributed by atoms with E-state index in [1.54, 1.807) is 19.1 Å². The number of benzene rings is 1. The van der Waals surface area contributed by atoms with E-state index in [-0.39, 0.29) is 5.91 Å². The summed E-state index contributed by atoms with van der Waals surface area (Å²) in [6.45, 7) is 1.77. The first-order valence-corrected chi connectivity index (χ1v) is 6.42. The van der Waals surface area contributed by atoms with Crippen molar-refractivity contribution in [2.45, 2.75) is 6.92 Å². The van der Waals surface area contributed by atoms with Crippen LogP contribution >= 0.6 is 22.9 Å². The largest absolute Gasteiger partial charge is 0.297 e. The molecular weight excluding hydrogens is 270 g/mol. The smallest absolute Gasteiger partial charge is 0.249 e. The van der Waals surface area contributed by atoms with Crippen molar-refractivity contribution in [1.82, 2.24) is 10.2 Å². The number of anilines is 1. The Morgan fingerprint density at radius 1 is 1.39 bits per heavy atom. The molecule has 0 saturated heterocycles. The number of hydrogen-bond acceptors (Lipinski definition) is 4. The van der Waals surface area contributed by atoms with Crippen LogP contribution in [-0.2, 0) is 4.79 Å². The molecule has 0 spiro atoms. The highest BCUT2D eigenvalue weighted by Gasteiger charge is 2.10. The predicted octanol–water partition coefficient (Wildman–Crippen LogP) is 3.37. The molecule has 1 amide bonds. The summed E-state index contributed by atoms with van der Waals surface area (Å²) >= 11 is 7.35. The zero-order chi connectivity index (χ0) is 13.0. The Morgan fingerprint density at radius 3 is 2.89 bits per heavy atom. The minimum atomic E-state index is -0.223. The number of aromatic nitrogens is 2. The molecule has 0 bridgehead atoms. The molecule has 0 aliphatic carbocycles. The number of allylic oxidation sites excluding steroid dienone is 1. The molecule has 18 heavy (non-hydrogen) atoms. The minimum Gasteiger partial charge on any atom is -0.297 e. The number of nitrogens with zero attached hydrogens (tertiary/aromatic N) is 2. The van der Waals surface area contributed by atoms with Crippen molar-refractivity contribution in [1.29, 1.82) is 0 Å². The van der Waals surface area contributed by atoms with Crippen LogP contribution in [0.4, 0.5) is 5.13 Å². The standard InChI is InChI=1S/C12H10ClN3OS/c1-2-5-10(17)14-12-16-15-11(18-12)8-6-3-4-7-9(8)13/h2-7H,1H3,(H,14,16,17)/b5-2+. The van der Waals surface area contributed by atoms with E-state index in [4.69, 9.17) is 11.6 Å². The third-order valence-corrected chi connectivity index (χ3v) is 3.28. The summed E-state index contributed by atoms with van der Waals surface area (Å²) in [5.41, 5.74) is 0.809. The molecule has 6 heteroatoms. The molecule has 0 aliphatic rings. The fraction of sp³-hybridized carbons (Fsp3) is 0.0833. The average Bonchev–Trinajstić information content (AvgIpc) is 2.78. The molecule has 0 unspecified atom stereocenters. The number of amides is 1. The van der Waals surface area contributed by atoms with Gasteiger partial charge in [0.1, 0.15) is 0 Å². The fourth-order valence-corrected chi connectivity index (χ4v) is 2.38. The van der Waals surface area contributed by atoms with Crippen LogP contribution in [0.15, 0.2) is 36.4 Å². The van der Waals surface area contributed by atoms with Crippen molar-refractivity contribution in [3.8, 4) is 10.6 Å². The van der Waals surface area contributed by atoms with Crippen molar-refractivity contribution in [3.05, 3.63) is 41.4 Å². The fourth-order valence-electron chi connectivity index (χ4n) is 1.32. The van der Waals surface area contributed by atoms with Crippen LogP contribution in [0.5, 0.6) is 0 Å². The van der Waals surface area contributed by atoms with Gasteiger partial charge in [-0.3, -0.25) is 10.1 Å². The average molecular weight is 280 g/mol. The monoisotopic (exact) mass is 279 g/mol. The number of carbonyl (C=O) groups is 1. The summed E-state index contributed by atoms with van der Waals surface area (Å²) in [7, 11) is 0. The number of halogens is 1. The Morgan fingerprint density at radius 2 is 2.17 bits per heavy atom. The molecule has 1 aromatic heterocycles. The van der Waals surface area contributed by atoms with Gasteiger partial charge in [-0.15, -0.1) is 10.2 Å². The molecule has 2 aromatic rings. The molecule has 92 valence electrons. The number of carbonyl (C=O) groups excluding carboxylic acids is 1. The Kier molecular flexibility index (Phi) is 4.07. The van der Waals surface area contributed by atoms with Gasteiger partial charge in [0, 0.05) is 5.56 Å². The Bertz CT molecular complexity index is 595. The van der Waals surface area contributed by atoms with Crippen LogP contribution in [0.3, 0.4) is 0 Å². The van der Waals surface area contributed by atoms with Crippen LogP contribution in [0, 0.1) is 0 Å². The SMILES string of the molecule is C/C=C/C(=O)Nc1nnc(-c2ccccc2Cl)s1. The van der Waals surface area contributed by atoms with Gasteiger partial charge in [-0.05, 0) is 19.1 Å². The zero-order valence-electron chi connectivity index (χ0n) is 9.55. The van der Waals surface area contributed by atoms with E-state index < -0.39 is 0 Å². The van der Waals surface area contributed by atoms with Gasteiger partial charge in [-0.2, -0.15) is 0 Å². The second-order valence-electron chi connectivity index (χ2n) is 3.38. The van der Waals surface area contributed by atoms with Gasteiger partial charge in [0.05, 0.1) is 5.02 Å². The molecular formula is C12H10ClN3OS. The highest BCUT2D eigenvalue weighted by atomic mass is 35.5. The lowest BCUT2D eigenvalue weighted by Crippen LogP contribution is -2.07. The van der Waals surface area contributed by atoms with E-state index in [0.29, 0.717) is 15.2 Å². The van der Waals surface area contributed by atoms with Crippen molar-refractivity contribution in [2.75, 3.05) is 5.32 Å². The molecule has 0 saturated carbocycles. The summed E-state index contributed by atoms with van der Waals surface area (Å²) in [5.74, 6) is -0.223. The highest BCUT2D eigenvalue weighted by molar-refractivity contribution is 7.18. The molecule has 1 aromatic carbocycles. The first kappa shape index (κ1) is 12.7. The minimum absolute atomic E-state index is 0.223. The molecule has 1 heterocycles. The van der Waals surface area contributed by atoms with Gasteiger partial charge >= 0.3 is 0 Å². The van der Waals surface area contributed by atoms with Crippen molar-refractivity contribution >= 4 is 34.0 Å². The number of nitrogens with one attached hydrogen (secondary N) is 1. The topological polar surface area (TPSA) is 54.9 Å². The van der Waals surface area contributed by atoms with Crippen molar-refractivity contribution < 1.29 is 4.79 Å². The van der Waals surface area contributed by atoms with E-state index >= 15 is 0 Å². The Balaban J connectivity index is 2.21. The lowest BCUT2D eigenvalue weighted by molar-refractivity contribution is -0.111. The lowest BCUT2D eigenvalue weighted by Gasteiger charge is -1.97.